The number of nitriles is 1. The maximum atomic E-state index is 8.60. The van der Waals surface area contributed by atoms with Gasteiger partial charge in [0.2, 0.25) is 0 Å². The van der Waals surface area contributed by atoms with Crippen LogP contribution in [-0.4, -0.2) is 13.1 Å². The van der Waals surface area contributed by atoms with E-state index < -0.39 is 6.04 Å². The van der Waals surface area contributed by atoms with Crippen LogP contribution in [0.1, 0.15) is 25.6 Å². The van der Waals surface area contributed by atoms with Gasteiger partial charge in [-0.15, -0.1) is 0 Å². The van der Waals surface area contributed by atoms with Gasteiger partial charge in [0.1, 0.15) is 5.76 Å². The van der Waals surface area contributed by atoms with Gasteiger partial charge in [-0.05, 0) is 19.9 Å². The second-order valence-electron chi connectivity index (χ2n) is 2.96. The lowest BCUT2D eigenvalue weighted by molar-refractivity contribution is 0.489. The highest BCUT2D eigenvalue weighted by Gasteiger charge is 2.12. The number of rotatable bonds is 4. The van der Waals surface area contributed by atoms with E-state index in [9.17, 15) is 0 Å². The second-order valence-corrected chi connectivity index (χ2v) is 2.96. The highest BCUT2D eigenvalue weighted by atomic mass is 16.4. The Morgan fingerprint density at radius 2 is 2.14 bits per heavy atom. The first-order valence-electron chi connectivity index (χ1n) is 4.72. The number of nitrogens with zero attached hydrogens (tertiary/aromatic N) is 2. The van der Waals surface area contributed by atoms with Crippen molar-refractivity contribution in [3.63, 3.8) is 0 Å². The zero-order chi connectivity index (χ0) is 10.6. The fourth-order valence-electron chi connectivity index (χ4n) is 1.28. The van der Waals surface area contributed by atoms with E-state index in [2.05, 4.69) is 18.7 Å². The molecule has 0 aliphatic rings. The Hall–Kier alpha value is -1.47. The van der Waals surface area contributed by atoms with Gasteiger partial charge < -0.3 is 15.1 Å². The molecule has 0 aromatic carbocycles. The van der Waals surface area contributed by atoms with Gasteiger partial charge in [0.25, 0.3) is 0 Å². The van der Waals surface area contributed by atoms with E-state index in [0.29, 0.717) is 5.76 Å². The van der Waals surface area contributed by atoms with Crippen LogP contribution >= 0.6 is 0 Å². The van der Waals surface area contributed by atoms with E-state index in [1.54, 1.807) is 6.07 Å². The van der Waals surface area contributed by atoms with Gasteiger partial charge in [-0.2, -0.15) is 5.26 Å². The zero-order valence-electron chi connectivity index (χ0n) is 8.53. The molecule has 1 aromatic heterocycles. The van der Waals surface area contributed by atoms with Gasteiger partial charge in [-0.25, -0.2) is 0 Å². The average molecular weight is 193 g/mol. The summed E-state index contributed by atoms with van der Waals surface area (Å²) in [7, 11) is 0. The second kappa shape index (κ2) is 4.68. The molecule has 1 atom stereocenters. The van der Waals surface area contributed by atoms with E-state index in [1.165, 1.54) is 0 Å². The number of furan rings is 1. The number of nitrogens with two attached hydrogens (primary N) is 1. The van der Waals surface area contributed by atoms with Gasteiger partial charge in [0.05, 0.1) is 6.07 Å². The zero-order valence-corrected chi connectivity index (χ0v) is 8.53. The van der Waals surface area contributed by atoms with Crippen LogP contribution in [0.4, 0.5) is 5.88 Å². The first kappa shape index (κ1) is 10.6. The minimum Gasteiger partial charge on any atom is -0.443 e. The Bertz CT molecular complexity index is 322. The van der Waals surface area contributed by atoms with Gasteiger partial charge in [-0.1, -0.05) is 0 Å². The van der Waals surface area contributed by atoms with Crippen LogP contribution in [0.3, 0.4) is 0 Å². The molecule has 14 heavy (non-hydrogen) atoms. The molecule has 0 fully saturated rings. The van der Waals surface area contributed by atoms with Crippen LogP contribution in [0.5, 0.6) is 0 Å². The molecule has 0 saturated heterocycles. The van der Waals surface area contributed by atoms with Gasteiger partial charge in [-0.3, -0.25) is 0 Å². The molecule has 0 bridgehead atoms. The summed E-state index contributed by atoms with van der Waals surface area (Å²) < 4.78 is 5.46. The van der Waals surface area contributed by atoms with Crippen LogP contribution in [0.15, 0.2) is 16.5 Å². The number of hydrogen-bond donors (Lipinski definition) is 1. The van der Waals surface area contributed by atoms with Crippen molar-refractivity contribution in [1.29, 1.82) is 5.26 Å². The first-order valence-corrected chi connectivity index (χ1v) is 4.72. The average Bonchev–Trinajstić information content (AvgIpc) is 2.68. The molecule has 1 aromatic rings. The normalized spacial score (nSPS) is 12.1. The van der Waals surface area contributed by atoms with Crippen molar-refractivity contribution in [3.8, 4) is 6.07 Å². The van der Waals surface area contributed by atoms with E-state index in [4.69, 9.17) is 15.4 Å². The molecule has 1 rings (SSSR count). The van der Waals surface area contributed by atoms with Crippen molar-refractivity contribution < 1.29 is 4.42 Å². The quantitative estimate of drug-likeness (QED) is 0.789. The predicted molar refractivity (Wildman–Crippen MR) is 54.8 cm³/mol. The smallest absolute Gasteiger partial charge is 0.195 e. The summed E-state index contributed by atoms with van der Waals surface area (Å²) in [6, 6.07) is 4.87. The highest BCUT2D eigenvalue weighted by molar-refractivity contribution is 5.37. The van der Waals surface area contributed by atoms with E-state index in [1.807, 2.05) is 12.1 Å². The third-order valence-corrected chi connectivity index (χ3v) is 2.13. The van der Waals surface area contributed by atoms with Crippen LogP contribution in [0.2, 0.25) is 0 Å². The lowest BCUT2D eigenvalue weighted by atomic mass is 10.3. The number of hydrogen-bond acceptors (Lipinski definition) is 4. The van der Waals surface area contributed by atoms with Gasteiger partial charge >= 0.3 is 0 Å². The Morgan fingerprint density at radius 1 is 1.50 bits per heavy atom. The minimum atomic E-state index is -0.667. The molecule has 0 amide bonds. The molecule has 0 unspecified atom stereocenters. The van der Waals surface area contributed by atoms with Gasteiger partial charge in [0, 0.05) is 19.2 Å². The summed E-state index contributed by atoms with van der Waals surface area (Å²) in [5, 5.41) is 8.60. The van der Waals surface area contributed by atoms with Crippen LogP contribution in [0, 0.1) is 11.3 Å². The molecule has 1 heterocycles. The fraction of sp³-hybridized carbons (Fsp3) is 0.500. The van der Waals surface area contributed by atoms with Crippen LogP contribution in [-0.2, 0) is 0 Å². The standard InChI is InChI=1S/C10H15N3O/c1-3-13(4-2)10-6-5-9(14-10)8(12)7-11/h5-6,8H,3-4,12H2,1-2H3/t8-/m0/s1. The highest BCUT2D eigenvalue weighted by Crippen LogP contribution is 2.21. The summed E-state index contributed by atoms with van der Waals surface area (Å²) in [5.41, 5.74) is 5.52. The van der Waals surface area contributed by atoms with Crippen molar-refractivity contribution in [2.24, 2.45) is 5.73 Å². The SMILES string of the molecule is CCN(CC)c1ccc([C@@H](N)C#N)o1. The third-order valence-electron chi connectivity index (χ3n) is 2.13. The molecule has 0 radical (unpaired) electrons. The lowest BCUT2D eigenvalue weighted by Crippen LogP contribution is -2.21. The molecule has 76 valence electrons. The third kappa shape index (κ3) is 2.06. The Labute approximate surface area is 83.9 Å². The predicted octanol–water partition coefficient (Wildman–Crippen LogP) is 1.65. The van der Waals surface area contributed by atoms with Crippen LogP contribution in [0.25, 0.3) is 0 Å². The van der Waals surface area contributed by atoms with E-state index >= 15 is 0 Å². The molecule has 4 heteroatoms. The molecular weight excluding hydrogens is 178 g/mol. The molecule has 4 nitrogen and oxygen atoms in total. The summed E-state index contributed by atoms with van der Waals surface area (Å²) in [6.07, 6.45) is 0. The summed E-state index contributed by atoms with van der Waals surface area (Å²) in [5.74, 6) is 1.30. The Morgan fingerprint density at radius 3 is 2.64 bits per heavy atom. The minimum absolute atomic E-state index is 0.523. The molecule has 0 aliphatic carbocycles. The maximum Gasteiger partial charge on any atom is 0.195 e. The molecule has 0 spiro atoms. The largest absolute Gasteiger partial charge is 0.443 e. The summed E-state index contributed by atoms with van der Waals surface area (Å²) in [6.45, 7) is 5.86. The van der Waals surface area contributed by atoms with Crippen molar-refractivity contribution >= 4 is 5.88 Å². The van der Waals surface area contributed by atoms with Crippen molar-refractivity contribution in [2.75, 3.05) is 18.0 Å². The maximum absolute atomic E-state index is 8.60. The molecule has 0 aliphatic heterocycles. The molecule has 2 N–H and O–H groups in total. The van der Waals surface area contributed by atoms with Gasteiger partial charge in [0.15, 0.2) is 11.9 Å². The van der Waals surface area contributed by atoms with E-state index in [0.717, 1.165) is 19.0 Å². The summed E-state index contributed by atoms with van der Waals surface area (Å²) in [4.78, 5) is 2.06. The molecular formula is C10H15N3O. The first-order chi connectivity index (χ1) is 6.72. The van der Waals surface area contributed by atoms with Crippen LogP contribution < -0.4 is 10.6 Å². The monoisotopic (exact) mass is 193 g/mol. The Kier molecular flexibility index (Phi) is 3.55. The van der Waals surface area contributed by atoms with Crippen molar-refractivity contribution in [2.45, 2.75) is 19.9 Å². The Balaban J connectivity index is 2.82. The topological polar surface area (TPSA) is 66.2 Å². The lowest BCUT2D eigenvalue weighted by Gasteiger charge is -2.16. The summed E-state index contributed by atoms with van der Waals surface area (Å²) >= 11 is 0. The fourth-order valence-corrected chi connectivity index (χ4v) is 1.28. The molecule has 0 saturated carbocycles. The number of anilines is 1. The van der Waals surface area contributed by atoms with Crippen molar-refractivity contribution in [1.82, 2.24) is 0 Å². The van der Waals surface area contributed by atoms with Crippen molar-refractivity contribution in [3.05, 3.63) is 17.9 Å². The van der Waals surface area contributed by atoms with E-state index in [-0.39, 0.29) is 0 Å².